The van der Waals surface area contributed by atoms with E-state index in [0.29, 0.717) is 6.04 Å². The Kier molecular flexibility index (Phi) is 4.38. The number of aliphatic hydroxyl groups excluding tert-OH is 1. The lowest BCUT2D eigenvalue weighted by molar-refractivity contribution is 0.239. The van der Waals surface area contributed by atoms with Crippen molar-refractivity contribution in [1.82, 2.24) is 5.32 Å². The molecule has 1 unspecified atom stereocenters. The van der Waals surface area contributed by atoms with Crippen molar-refractivity contribution in [2.75, 3.05) is 6.61 Å². The summed E-state index contributed by atoms with van der Waals surface area (Å²) in [7, 11) is 0. The molecule has 0 saturated carbocycles. The van der Waals surface area contributed by atoms with Gasteiger partial charge in [0.05, 0.1) is 12.6 Å². The van der Waals surface area contributed by atoms with E-state index in [1.54, 1.807) is 11.3 Å². The van der Waals surface area contributed by atoms with Gasteiger partial charge in [-0.15, -0.1) is 11.3 Å². The van der Waals surface area contributed by atoms with Crippen LogP contribution in [0.2, 0.25) is 0 Å². The zero-order valence-corrected chi connectivity index (χ0v) is 10.2. The fraction of sp³-hybridized carbons (Fsp3) is 0.556. The third kappa shape index (κ3) is 3.06. The van der Waals surface area contributed by atoms with Gasteiger partial charge < -0.3 is 10.4 Å². The monoisotopic (exact) mass is 263 g/mol. The van der Waals surface area contributed by atoms with E-state index >= 15 is 0 Å². The highest BCUT2D eigenvalue weighted by Crippen LogP contribution is 2.28. The Morgan fingerprint density at radius 2 is 2.31 bits per heavy atom. The largest absolute Gasteiger partial charge is 0.394 e. The second-order valence-corrected chi connectivity index (χ2v) is 4.99. The third-order valence-corrected chi connectivity index (χ3v) is 3.66. The van der Waals surface area contributed by atoms with Crippen molar-refractivity contribution in [3.63, 3.8) is 0 Å². The highest BCUT2D eigenvalue weighted by Gasteiger charge is 2.15. The first-order valence-corrected chi connectivity index (χ1v) is 5.92. The molecule has 2 N–H and O–H groups in total. The summed E-state index contributed by atoms with van der Waals surface area (Å²) in [6.07, 6.45) is 0. The molecule has 0 aliphatic heterocycles. The number of rotatable bonds is 4. The lowest BCUT2D eigenvalue weighted by atomic mass is 10.2. The fourth-order valence-electron chi connectivity index (χ4n) is 1.17. The van der Waals surface area contributed by atoms with Crippen molar-refractivity contribution < 1.29 is 5.11 Å². The first-order valence-electron chi connectivity index (χ1n) is 4.25. The molecule has 0 aliphatic carbocycles. The van der Waals surface area contributed by atoms with Gasteiger partial charge in [-0.3, -0.25) is 0 Å². The number of hydrogen-bond acceptors (Lipinski definition) is 3. The quantitative estimate of drug-likeness (QED) is 0.876. The Labute approximate surface area is 91.1 Å². The highest BCUT2D eigenvalue weighted by molar-refractivity contribution is 9.10. The second kappa shape index (κ2) is 5.10. The van der Waals surface area contributed by atoms with Gasteiger partial charge in [-0.25, -0.2) is 0 Å². The first-order chi connectivity index (χ1) is 6.15. The highest BCUT2D eigenvalue weighted by atomic mass is 79.9. The van der Waals surface area contributed by atoms with Gasteiger partial charge >= 0.3 is 0 Å². The van der Waals surface area contributed by atoms with Gasteiger partial charge in [0.2, 0.25) is 0 Å². The summed E-state index contributed by atoms with van der Waals surface area (Å²) in [6, 6.07) is 2.44. The standard InChI is InChI=1S/C9H14BrNOS/c1-6(2)11-8(5-12)9-7(10)3-4-13-9/h3-4,6,8,11-12H,5H2,1-2H3. The molecule has 1 aromatic heterocycles. The maximum absolute atomic E-state index is 9.19. The molecule has 0 spiro atoms. The first kappa shape index (κ1) is 11.2. The maximum Gasteiger partial charge on any atom is 0.0663 e. The lowest BCUT2D eigenvalue weighted by Crippen LogP contribution is -2.30. The van der Waals surface area contributed by atoms with Gasteiger partial charge in [0, 0.05) is 15.4 Å². The van der Waals surface area contributed by atoms with E-state index in [1.165, 1.54) is 0 Å². The van der Waals surface area contributed by atoms with Crippen molar-refractivity contribution >= 4 is 27.3 Å². The predicted octanol–water partition coefficient (Wildman–Crippen LogP) is 2.54. The van der Waals surface area contributed by atoms with E-state index in [2.05, 4.69) is 35.1 Å². The normalized spacial score (nSPS) is 13.6. The van der Waals surface area contributed by atoms with Crippen LogP contribution < -0.4 is 5.32 Å². The van der Waals surface area contributed by atoms with Crippen molar-refractivity contribution in [3.05, 3.63) is 20.8 Å². The van der Waals surface area contributed by atoms with Gasteiger partial charge in [0.1, 0.15) is 0 Å². The Morgan fingerprint density at radius 1 is 1.62 bits per heavy atom. The number of hydrogen-bond donors (Lipinski definition) is 2. The molecule has 74 valence electrons. The Balaban J connectivity index is 2.72. The minimum Gasteiger partial charge on any atom is -0.394 e. The van der Waals surface area contributed by atoms with Crippen LogP contribution in [0.25, 0.3) is 0 Å². The summed E-state index contributed by atoms with van der Waals surface area (Å²) in [6.45, 7) is 4.28. The summed E-state index contributed by atoms with van der Waals surface area (Å²) < 4.78 is 1.07. The summed E-state index contributed by atoms with van der Waals surface area (Å²) >= 11 is 5.11. The SMILES string of the molecule is CC(C)NC(CO)c1sccc1Br. The zero-order chi connectivity index (χ0) is 9.84. The van der Waals surface area contributed by atoms with E-state index in [9.17, 15) is 5.11 Å². The van der Waals surface area contributed by atoms with Crippen molar-refractivity contribution in [2.24, 2.45) is 0 Å². The molecular formula is C9H14BrNOS. The Bertz CT molecular complexity index is 262. The molecule has 0 aliphatic rings. The molecule has 0 fully saturated rings. The van der Waals surface area contributed by atoms with Crippen LogP contribution in [0.3, 0.4) is 0 Å². The van der Waals surface area contributed by atoms with Crippen LogP contribution in [0.5, 0.6) is 0 Å². The van der Waals surface area contributed by atoms with Crippen molar-refractivity contribution in [1.29, 1.82) is 0 Å². The molecule has 2 nitrogen and oxygen atoms in total. The molecule has 1 atom stereocenters. The predicted molar refractivity (Wildman–Crippen MR) is 60.1 cm³/mol. The van der Waals surface area contributed by atoms with E-state index in [1.807, 2.05) is 11.4 Å². The second-order valence-electron chi connectivity index (χ2n) is 3.19. The molecule has 0 saturated heterocycles. The van der Waals surface area contributed by atoms with Crippen molar-refractivity contribution in [3.8, 4) is 0 Å². The van der Waals surface area contributed by atoms with Gasteiger partial charge in [0.15, 0.2) is 0 Å². The van der Waals surface area contributed by atoms with Crippen LogP contribution in [-0.4, -0.2) is 17.8 Å². The summed E-state index contributed by atoms with van der Waals surface area (Å²) in [5.74, 6) is 0. The van der Waals surface area contributed by atoms with Crippen LogP contribution in [0.15, 0.2) is 15.9 Å². The van der Waals surface area contributed by atoms with Crippen LogP contribution in [0.1, 0.15) is 24.8 Å². The van der Waals surface area contributed by atoms with Crippen LogP contribution >= 0.6 is 27.3 Å². The summed E-state index contributed by atoms with van der Waals surface area (Å²) in [5, 5.41) is 14.5. The molecule has 1 aromatic rings. The van der Waals surface area contributed by atoms with E-state index in [0.717, 1.165) is 9.35 Å². The molecule has 0 amide bonds. The number of thiophene rings is 1. The molecule has 0 bridgehead atoms. The molecule has 1 heterocycles. The Hall–Kier alpha value is 0.100. The molecule has 0 aromatic carbocycles. The van der Waals surface area contributed by atoms with Crippen LogP contribution in [0.4, 0.5) is 0 Å². The molecule has 0 radical (unpaired) electrons. The number of aliphatic hydroxyl groups is 1. The molecule has 13 heavy (non-hydrogen) atoms. The van der Waals surface area contributed by atoms with Gasteiger partial charge in [-0.05, 0) is 27.4 Å². The lowest BCUT2D eigenvalue weighted by Gasteiger charge is -2.18. The van der Waals surface area contributed by atoms with Gasteiger partial charge in [-0.1, -0.05) is 13.8 Å². The summed E-state index contributed by atoms with van der Waals surface area (Å²) in [5.41, 5.74) is 0. The number of halogens is 1. The van der Waals surface area contributed by atoms with Gasteiger partial charge in [-0.2, -0.15) is 0 Å². The van der Waals surface area contributed by atoms with E-state index in [4.69, 9.17) is 0 Å². The van der Waals surface area contributed by atoms with Crippen molar-refractivity contribution in [2.45, 2.75) is 25.9 Å². The molecule has 4 heteroatoms. The average Bonchev–Trinajstić information content (AvgIpc) is 2.47. The third-order valence-electron chi connectivity index (χ3n) is 1.68. The minimum absolute atomic E-state index is 0.0503. The van der Waals surface area contributed by atoms with Gasteiger partial charge in [0.25, 0.3) is 0 Å². The fourth-order valence-corrected chi connectivity index (χ4v) is 2.87. The van der Waals surface area contributed by atoms with E-state index < -0.39 is 0 Å². The Morgan fingerprint density at radius 3 is 2.69 bits per heavy atom. The molecular weight excluding hydrogens is 250 g/mol. The minimum atomic E-state index is 0.0503. The smallest absolute Gasteiger partial charge is 0.0663 e. The average molecular weight is 264 g/mol. The molecule has 1 rings (SSSR count). The van der Waals surface area contributed by atoms with Crippen LogP contribution in [-0.2, 0) is 0 Å². The zero-order valence-electron chi connectivity index (χ0n) is 7.75. The van der Waals surface area contributed by atoms with Crippen LogP contribution in [0, 0.1) is 0 Å². The topological polar surface area (TPSA) is 32.3 Å². The summed E-state index contributed by atoms with van der Waals surface area (Å²) in [4.78, 5) is 1.16. The number of nitrogens with one attached hydrogen (secondary N) is 1. The van der Waals surface area contributed by atoms with E-state index in [-0.39, 0.29) is 12.6 Å². The maximum atomic E-state index is 9.19.